The Kier molecular flexibility index (Phi) is 5.36. The quantitative estimate of drug-likeness (QED) is 0.735. The summed E-state index contributed by atoms with van der Waals surface area (Å²) >= 11 is 0. The summed E-state index contributed by atoms with van der Waals surface area (Å²) in [7, 11) is 0. The Morgan fingerprint density at radius 2 is 2.05 bits per heavy atom. The van der Waals surface area contributed by atoms with E-state index >= 15 is 0 Å². The van der Waals surface area contributed by atoms with E-state index in [-0.39, 0.29) is 30.5 Å². The van der Waals surface area contributed by atoms with Crippen LogP contribution in [-0.4, -0.2) is 28.3 Å². The normalized spacial score (nSPS) is 15.6. The van der Waals surface area contributed by atoms with E-state index < -0.39 is 5.60 Å². The number of rotatable bonds is 6. The van der Waals surface area contributed by atoms with Crippen molar-refractivity contribution in [2.45, 2.75) is 39.2 Å². The summed E-state index contributed by atoms with van der Waals surface area (Å²) in [4.78, 5) is 11.8. The smallest absolute Gasteiger partial charge is 0.224 e. The molecule has 1 aromatic rings. The highest BCUT2D eigenvalue weighted by Crippen LogP contribution is 2.19. The van der Waals surface area contributed by atoms with Gasteiger partial charge in [-0.25, -0.2) is 0 Å². The summed E-state index contributed by atoms with van der Waals surface area (Å²) in [5.74, 6) is 0.0225. The molecule has 0 bridgehead atoms. The number of benzene rings is 1. The van der Waals surface area contributed by atoms with Crippen LogP contribution in [0, 0.1) is 5.92 Å². The van der Waals surface area contributed by atoms with Crippen molar-refractivity contribution in [3.8, 4) is 5.75 Å². The molecule has 2 unspecified atom stereocenters. The van der Waals surface area contributed by atoms with Gasteiger partial charge >= 0.3 is 0 Å². The highest BCUT2D eigenvalue weighted by Gasteiger charge is 2.27. The van der Waals surface area contributed by atoms with Crippen molar-refractivity contribution in [3.05, 3.63) is 29.8 Å². The molecule has 0 radical (unpaired) electrons. The molecule has 0 saturated carbocycles. The summed E-state index contributed by atoms with van der Waals surface area (Å²) in [6.45, 7) is 5.90. The largest absolute Gasteiger partial charge is 0.508 e. The first-order chi connectivity index (χ1) is 8.86. The Bertz CT molecular complexity index is 429. The van der Waals surface area contributed by atoms with Crippen LogP contribution in [0.15, 0.2) is 24.3 Å². The van der Waals surface area contributed by atoms with Crippen molar-refractivity contribution in [2.24, 2.45) is 5.92 Å². The van der Waals surface area contributed by atoms with Gasteiger partial charge in [-0.2, -0.15) is 0 Å². The van der Waals surface area contributed by atoms with Gasteiger partial charge in [0.1, 0.15) is 5.75 Å². The van der Waals surface area contributed by atoms with E-state index in [1.54, 1.807) is 31.2 Å². The Balaban J connectivity index is 2.51. The molecule has 2 atom stereocenters. The molecule has 1 amide bonds. The fraction of sp³-hybridized carbons (Fsp3) is 0.533. The van der Waals surface area contributed by atoms with E-state index in [9.17, 15) is 15.0 Å². The molecule has 4 heteroatoms. The van der Waals surface area contributed by atoms with Gasteiger partial charge in [0.25, 0.3) is 0 Å². The second-order valence-electron chi connectivity index (χ2n) is 5.25. The third-order valence-electron chi connectivity index (χ3n) is 3.66. The summed E-state index contributed by atoms with van der Waals surface area (Å²) in [6.07, 6.45) is 0.964. The predicted octanol–water partition coefficient (Wildman–Crippen LogP) is 1.85. The van der Waals surface area contributed by atoms with Crippen LogP contribution in [0.1, 0.15) is 32.8 Å². The maximum absolute atomic E-state index is 11.8. The van der Waals surface area contributed by atoms with E-state index in [0.29, 0.717) is 5.56 Å². The summed E-state index contributed by atoms with van der Waals surface area (Å²) in [6, 6.07) is 6.75. The number of hydrogen-bond donors (Lipinski definition) is 3. The number of carbonyl (C=O) groups excluding carboxylic acids is 1. The van der Waals surface area contributed by atoms with Crippen LogP contribution in [0.25, 0.3) is 0 Å². The number of aromatic hydroxyl groups is 1. The second-order valence-corrected chi connectivity index (χ2v) is 5.25. The van der Waals surface area contributed by atoms with Gasteiger partial charge in [0.2, 0.25) is 5.91 Å². The average Bonchev–Trinajstić information content (AvgIpc) is 2.38. The minimum absolute atomic E-state index is 0.109. The van der Waals surface area contributed by atoms with Crippen LogP contribution < -0.4 is 5.32 Å². The highest BCUT2D eigenvalue weighted by atomic mass is 16.3. The lowest BCUT2D eigenvalue weighted by Crippen LogP contribution is -2.45. The van der Waals surface area contributed by atoms with Gasteiger partial charge in [-0.3, -0.25) is 4.79 Å². The van der Waals surface area contributed by atoms with Crippen LogP contribution in [-0.2, 0) is 11.2 Å². The zero-order valence-electron chi connectivity index (χ0n) is 11.8. The van der Waals surface area contributed by atoms with E-state index in [4.69, 9.17) is 0 Å². The van der Waals surface area contributed by atoms with Crippen molar-refractivity contribution in [2.75, 3.05) is 6.54 Å². The van der Waals surface area contributed by atoms with Crippen LogP contribution in [0.5, 0.6) is 5.75 Å². The Labute approximate surface area is 114 Å². The van der Waals surface area contributed by atoms with E-state index in [1.807, 2.05) is 13.8 Å². The lowest BCUT2D eigenvalue weighted by molar-refractivity contribution is -0.122. The number of hydrogen-bond acceptors (Lipinski definition) is 3. The fourth-order valence-corrected chi connectivity index (χ4v) is 1.79. The molecule has 0 spiro atoms. The molecule has 0 aliphatic heterocycles. The third-order valence-corrected chi connectivity index (χ3v) is 3.66. The summed E-state index contributed by atoms with van der Waals surface area (Å²) in [5.41, 5.74) is -0.327. The maximum Gasteiger partial charge on any atom is 0.224 e. The zero-order valence-corrected chi connectivity index (χ0v) is 11.8. The van der Waals surface area contributed by atoms with Crippen LogP contribution in [0.2, 0.25) is 0 Å². The monoisotopic (exact) mass is 265 g/mol. The van der Waals surface area contributed by atoms with Crippen LogP contribution >= 0.6 is 0 Å². The molecule has 0 heterocycles. The number of phenolic OH excluding ortho intramolecular Hbond substituents is 1. The SMILES string of the molecule is CCC(C)C(C)(O)CNC(=O)Cc1ccccc1O. The molecule has 0 saturated heterocycles. The molecule has 4 nitrogen and oxygen atoms in total. The van der Waals surface area contributed by atoms with Crippen molar-refractivity contribution in [3.63, 3.8) is 0 Å². The predicted molar refractivity (Wildman–Crippen MR) is 74.9 cm³/mol. The number of aliphatic hydroxyl groups is 1. The molecule has 0 fully saturated rings. The molecule has 0 aromatic heterocycles. The minimum atomic E-state index is -0.914. The molecule has 1 rings (SSSR count). The molecule has 106 valence electrons. The number of nitrogens with one attached hydrogen (secondary N) is 1. The lowest BCUT2D eigenvalue weighted by atomic mass is 9.88. The van der Waals surface area contributed by atoms with Gasteiger partial charge in [-0.1, -0.05) is 38.5 Å². The lowest BCUT2D eigenvalue weighted by Gasteiger charge is -2.29. The van der Waals surface area contributed by atoms with E-state index in [0.717, 1.165) is 6.42 Å². The van der Waals surface area contributed by atoms with Gasteiger partial charge in [-0.05, 0) is 18.9 Å². The van der Waals surface area contributed by atoms with Gasteiger partial charge in [0, 0.05) is 12.1 Å². The van der Waals surface area contributed by atoms with Crippen molar-refractivity contribution >= 4 is 5.91 Å². The maximum atomic E-state index is 11.8. The Morgan fingerprint density at radius 1 is 1.42 bits per heavy atom. The van der Waals surface area contributed by atoms with Gasteiger partial charge in [-0.15, -0.1) is 0 Å². The highest BCUT2D eigenvalue weighted by molar-refractivity contribution is 5.79. The molecular weight excluding hydrogens is 242 g/mol. The number of para-hydroxylation sites is 1. The third kappa shape index (κ3) is 4.56. The minimum Gasteiger partial charge on any atom is -0.508 e. The molecular formula is C15H23NO3. The Hall–Kier alpha value is -1.55. The van der Waals surface area contributed by atoms with Gasteiger partial charge in [0.15, 0.2) is 0 Å². The number of phenols is 1. The zero-order chi connectivity index (χ0) is 14.5. The first kappa shape index (κ1) is 15.5. The summed E-state index contributed by atoms with van der Waals surface area (Å²) < 4.78 is 0. The van der Waals surface area contributed by atoms with Gasteiger partial charge < -0.3 is 15.5 Å². The second kappa shape index (κ2) is 6.57. The fourth-order valence-electron chi connectivity index (χ4n) is 1.79. The molecule has 3 N–H and O–H groups in total. The van der Waals surface area contributed by atoms with Crippen molar-refractivity contribution in [1.82, 2.24) is 5.32 Å². The van der Waals surface area contributed by atoms with Gasteiger partial charge in [0.05, 0.1) is 12.0 Å². The topological polar surface area (TPSA) is 69.6 Å². The number of carbonyl (C=O) groups is 1. The van der Waals surface area contributed by atoms with E-state index in [1.165, 1.54) is 0 Å². The van der Waals surface area contributed by atoms with Crippen molar-refractivity contribution < 1.29 is 15.0 Å². The molecule has 0 aliphatic rings. The van der Waals surface area contributed by atoms with Crippen LogP contribution in [0.4, 0.5) is 0 Å². The van der Waals surface area contributed by atoms with Crippen LogP contribution in [0.3, 0.4) is 0 Å². The Morgan fingerprint density at radius 3 is 2.63 bits per heavy atom. The summed E-state index contributed by atoms with van der Waals surface area (Å²) in [5, 5.41) is 22.5. The first-order valence-corrected chi connectivity index (χ1v) is 6.62. The molecule has 1 aromatic carbocycles. The standard InChI is InChI=1S/C15H23NO3/c1-4-11(2)15(3,19)10-16-14(18)9-12-7-5-6-8-13(12)17/h5-8,11,17,19H,4,9-10H2,1-3H3,(H,16,18). The first-order valence-electron chi connectivity index (χ1n) is 6.62. The molecule has 0 aliphatic carbocycles. The van der Waals surface area contributed by atoms with E-state index in [2.05, 4.69) is 5.32 Å². The molecule has 19 heavy (non-hydrogen) atoms. The number of amides is 1. The average molecular weight is 265 g/mol. The van der Waals surface area contributed by atoms with Crippen molar-refractivity contribution in [1.29, 1.82) is 0 Å².